The second kappa shape index (κ2) is 6.85. The van der Waals surface area contributed by atoms with Crippen LogP contribution >= 0.6 is 0 Å². The summed E-state index contributed by atoms with van der Waals surface area (Å²) in [6.07, 6.45) is 3.16. The molecule has 0 radical (unpaired) electrons. The number of rotatable bonds is 5. The normalized spacial score (nSPS) is 21.0. The molecule has 3 rings (SSSR count). The molecule has 1 saturated heterocycles. The lowest BCUT2D eigenvalue weighted by Crippen LogP contribution is -2.40. The molecule has 24 heavy (non-hydrogen) atoms. The van der Waals surface area contributed by atoms with Crippen molar-refractivity contribution in [3.8, 4) is 0 Å². The van der Waals surface area contributed by atoms with E-state index in [9.17, 15) is 14.4 Å². The molecule has 5 heteroatoms. The third-order valence-electron chi connectivity index (χ3n) is 5.07. The van der Waals surface area contributed by atoms with Crippen LogP contribution < -0.4 is 5.73 Å². The number of likely N-dealkylation sites (tertiary alicyclic amines) is 1. The van der Waals surface area contributed by atoms with Gasteiger partial charge in [0.25, 0.3) is 0 Å². The van der Waals surface area contributed by atoms with Crippen molar-refractivity contribution in [3.05, 3.63) is 34.9 Å². The zero-order chi connectivity index (χ0) is 17.3. The molecule has 128 valence electrons. The summed E-state index contributed by atoms with van der Waals surface area (Å²) in [6, 6.07) is 5.16. The van der Waals surface area contributed by atoms with Crippen molar-refractivity contribution in [1.82, 2.24) is 4.90 Å². The average molecular weight is 328 g/mol. The lowest BCUT2D eigenvalue weighted by Gasteiger charge is -2.18. The summed E-state index contributed by atoms with van der Waals surface area (Å²) in [4.78, 5) is 37.6. The van der Waals surface area contributed by atoms with Gasteiger partial charge in [-0.1, -0.05) is 12.1 Å². The van der Waals surface area contributed by atoms with Crippen molar-refractivity contribution in [2.45, 2.75) is 45.1 Å². The smallest absolute Gasteiger partial charge is 0.239 e. The fourth-order valence-corrected chi connectivity index (χ4v) is 3.66. The average Bonchev–Trinajstić information content (AvgIpc) is 3.16. The van der Waals surface area contributed by atoms with Crippen molar-refractivity contribution in [1.29, 1.82) is 0 Å². The van der Waals surface area contributed by atoms with E-state index in [1.807, 2.05) is 18.2 Å². The van der Waals surface area contributed by atoms with Gasteiger partial charge in [0.05, 0.1) is 6.04 Å². The Labute approximate surface area is 142 Å². The minimum Gasteiger partial charge on any atom is -0.341 e. The highest BCUT2D eigenvalue weighted by Crippen LogP contribution is 2.24. The van der Waals surface area contributed by atoms with Gasteiger partial charge >= 0.3 is 0 Å². The summed E-state index contributed by atoms with van der Waals surface area (Å²) in [6.45, 7) is 3.14. The molecular weight excluding hydrogens is 304 g/mol. The Bertz CT molecular complexity index is 681. The number of benzene rings is 1. The van der Waals surface area contributed by atoms with Crippen molar-refractivity contribution in [2.24, 2.45) is 11.7 Å². The van der Waals surface area contributed by atoms with Crippen LogP contribution in [0.1, 0.15) is 47.7 Å². The summed E-state index contributed by atoms with van der Waals surface area (Å²) in [7, 11) is 0. The molecule has 5 nitrogen and oxygen atoms in total. The third kappa shape index (κ3) is 3.56. The first-order chi connectivity index (χ1) is 11.4. The first-order valence-electron chi connectivity index (χ1n) is 8.65. The molecule has 0 bridgehead atoms. The molecule has 0 aromatic heterocycles. The summed E-state index contributed by atoms with van der Waals surface area (Å²) in [5.41, 5.74) is 8.40. The van der Waals surface area contributed by atoms with Gasteiger partial charge in [-0.3, -0.25) is 14.4 Å². The number of carbonyl (C=O) groups is 3. The highest BCUT2D eigenvalue weighted by Gasteiger charge is 2.28. The van der Waals surface area contributed by atoms with Crippen molar-refractivity contribution in [3.63, 3.8) is 0 Å². The summed E-state index contributed by atoms with van der Waals surface area (Å²) in [5, 5.41) is 0. The van der Waals surface area contributed by atoms with Gasteiger partial charge in [-0.2, -0.15) is 0 Å². The molecule has 1 aliphatic heterocycles. The Morgan fingerprint density at radius 3 is 2.79 bits per heavy atom. The van der Waals surface area contributed by atoms with E-state index < -0.39 is 6.04 Å². The number of nitrogens with zero attached hydrogens (tertiary/aromatic N) is 1. The second-order valence-electron chi connectivity index (χ2n) is 7.07. The Morgan fingerprint density at radius 2 is 2.04 bits per heavy atom. The zero-order valence-corrected chi connectivity index (χ0v) is 14.1. The number of amides is 1. The minimum atomic E-state index is -0.459. The van der Waals surface area contributed by atoms with E-state index in [2.05, 4.69) is 0 Å². The van der Waals surface area contributed by atoms with Crippen LogP contribution in [0.2, 0.25) is 0 Å². The van der Waals surface area contributed by atoms with Gasteiger partial charge in [0.15, 0.2) is 5.78 Å². The third-order valence-corrected chi connectivity index (χ3v) is 5.07. The molecule has 1 amide bonds. The number of carbonyl (C=O) groups excluding carboxylic acids is 3. The maximum Gasteiger partial charge on any atom is 0.239 e. The Morgan fingerprint density at radius 1 is 1.29 bits per heavy atom. The Balaban J connectivity index is 1.53. The predicted octanol–water partition coefficient (Wildman–Crippen LogP) is 1.51. The van der Waals surface area contributed by atoms with Crippen LogP contribution in [0.3, 0.4) is 0 Å². The molecule has 0 saturated carbocycles. The topological polar surface area (TPSA) is 80.5 Å². The maximum absolute atomic E-state index is 12.4. The molecule has 0 unspecified atom stereocenters. The molecular formula is C19H24N2O3. The Hall–Kier alpha value is -2.01. The van der Waals surface area contributed by atoms with Gasteiger partial charge in [-0.15, -0.1) is 0 Å². The lowest BCUT2D eigenvalue weighted by molar-refractivity contribution is -0.131. The van der Waals surface area contributed by atoms with Crippen molar-refractivity contribution >= 4 is 17.5 Å². The van der Waals surface area contributed by atoms with E-state index >= 15 is 0 Å². The van der Waals surface area contributed by atoms with E-state index in [1.54, 1.807) is 11.8 Å². The van der Waals surface area contributed by atoms with Gasteiger partial charge in [0.2, 0.25) is 5.91 Å². The number of ketones is 2. The largest absolute Gasteiger partial charge is 0.341 e. The van der Waals surface area contributed by atoms with Crippen molar-refractivity contribution in [2.75, 3.05) is 13.1 Å². The number of hydrogen-bond donors (Lipinski definition) is 1. The first-order valence-corrected chi connectivity index (χ1v) is 8.65. The monoisotopic (exact) mass is 328 g/mol. The molecule has 0 spiro atoms. The van der Waals surface area contributed by atoms with Gasteiger partial charge in [0, 0.05) is 37.9 Å². The van der Waals surface area contributed by atoms with Gasteiger partial charge < -0.3 is 10.6 Å². The van der Waals surface area contributed by atoms with Crippen LogP contribution in [0, 0.1) is 5.92 Å². The van der Waals surface area contributed by atoms with Crippen LogP contribution in [0.4, 0.5) is 0 Å². The SMILES string of the molecule is C[C@@H](N)C(=O)N1CC[C@H](CCC(=O)c2ccc3c(c2)CC(=O)C3)C1. The van der Waals surface area contributed by atoms with E-state index in [-0.39, 0.29) is 17.5 Å². The summed E-state index contributed by atoms with van der Waals surface area (Å²) < 4.78 is 0. The van der Waals surface area contributed by atoms with Crippen LogP contribution in [-0.4, -0.2) is 41.5 Å². The Kier molecular flexibility index (Phi) is 4.81. The van der Waals surface area contributed by atoms with Gasteiger partial charge in [0.1, 0.15) is 5.78 Å². The molecule has 1 aliphatic carbocycles. The number of nitrogens with two attached hydrogens (primary N) is 1. The minimum absolute atomic E-state index is 0.00730. The summed E-state index contributed by atoms with van der Waals surface area (Å²) >= 11 is 0. The van der Waals surface area contributed by atoms with Crippen LogP contribution in [0.15, 0.2) is 18.2 Å². The number of hydrogen-bond acceptors (Lipinski definition) is 4. The van der Waals surface area contributed by atoms with Crippen molar-refractivity contribution < 1.29 is 14.4 Å². The quantitative estimate of drug-likeness (QED) is 0.831. The van der Waals surface area contributed by atoms with Crippen LogP contribution in [0.5, 0.6) is 0 Å². The fourth-order valence-electron chi connectivity index (χ4n) is 3.66. The molecule has 1 aromatic carbocycles. The molecule has 1 fully saturated rings. The standard InChI is InChI=1S/C19H24N2O3/c1-12(20)19(24)21-7-6-13(11-21)2-5-18(23)15-4-3-14-9-17(22)10-16(14)8-15/h3-4,8,12-13H,2,5-7,9-11,20H2,1H3/t12-,13+/m1/s1. The molecule has 2 N–H and O–H groups in total. The maximum atomic E-state index is 12.4. The lowest BCUT2D eigenvalue weighted by atomic mass is 9.96. The highest BCUT2D eigenvalue weighted by atomic mass is 16.2. The van der Waals surface area contributed by atoms with E-state index in [0.29, 0.717) is 37.3 Å². The molecule has 2 aliphatic rings. The van der Waals surface area contributed by atoms with E-state index in [0.717, 1.165) is 30.5 Å². The van der Waals surface area contributed by atoms with E-state index in [4.69, 9.17) is 5.73 Å². The highest BCUT2D eigenvalue weighted by molar-refractivity contribution is 5.97. The first kappa shape index (κ1) is 16.8. The molecule has 1 heterocycles. The van der Waals surface area contributed by atoms with Crippen LogP contribution in [-0.2, 0) is 22.4 Å². The van der Waals surface area contributed by atoms with Gasteiger partial charge in [-0.25, -0.2) is 0 Å². The predicted molar refractivity (Wildman–Crippen MR) is 90.8 cm³/mol. The second-order valence-corrected chi connectivity index (χ2v) is 7.07. The van der Waals surface area contributed by atoms with Gasteiger partial charge in [-0.05, 0) is 42.9 Å². The number of fused-ring (bicyclic) bond motifs is 1. The zero-order valence-electron chi connectivity index (χ0n) is 14.1. The number of Topliss-reactive ketones (excluding diaryl/α,β-unsaturated/α-hetero) is 2. The van der Waals surface area contributed by atoms with E-state index in [1.165, 1.54) is 0 Å². The van der Waals surface area contributed by atoms with Crippen LogP contribution in [0.25, 0.3) is 0 Å². The fraction of sp³-hybridized carbons (Fsp3) is 0.526. The molecule has 1 aromatic rings. The molecule has 2 atom stereocenters. The summed E-state index contributed by atoms with van der Waals surface area (Å²) in [5.74, 6) is 0.702.